The maximum Gasteiger partial charge on any atom is 0.152 e. The maximum atomic E-state index is 14.1. The Kier molecular flexibility index (Phi) is 5.63. The van der Waals surface area contributed by atoms with E-state index in [1.165, 1.54) is 12.4 Å². The Morgan fingerprint density at radius 1 is 1.15 bits per heavy atom. The highest BCUT2D eigenvalue weighted by Crippen LogP contribution is 2.31. The first kappa shape index (κ1) is 18.5. The molecular weight excluding hydrogens is 380 g/mol. The number of carbonyl (C=O) groups excluding carboxylic acids is 1. The largest absolute Gasteiger partial charge is 0.337 e. The van der Waals surface area contributed by atoms with Crippen molar-refractivity contribution in [2.24, 2.45) is 5.84 Å². The van der Waals surface area contributed by atoms with Gasteiger partial charge in [0, 0.05) is 11.8 Å². The number of nitrogens with two attached hydrogens (primary N) is 1. The van der Waals surface area contributed by atoms with Gasteiger partial charge < -0.3 is 5.32 Å². The molecule has 9 heteroatoms. The molecule has 6 nitrogen and oxygen atoms in total. The molecule has 1 heterocycles. The van der Waals surface area contributed by atoms with Crippen LogP contribution in [-0.2, 0) is 11.2 Å². The number of benzene rings is 2. The summed E-state index contributed by atoms with van der Waals surface area (Å²) in [5.74, 6) is 4.93. The first-order valence-corrected chi connectivity index (χ1v) is 8.34. The lowest BCUT2D eigenvalue weighted by atomic mass is 10.1. The van der Waals surface area contributed by atoms with E-state index in [0.29, 0.717) is 16.7 Å². The van der Waals surface area contributed by atoms with Gasteiger partial charge in [-0.15, -0.1) is 0 Å². The van der Waals surface area contributed by atoms with E-state index in [1.807, 2.05) is 0 Å². The summed E-state index contributed by atoms with van der Waals surface area (Å²) in [6, 6.07) is 7.85. The second-order valence-electron chi connectivity index (χ2n) is 5.54. The van der Waals surface area contributed by atoms with Gasteiger partial charge in [-0.3, -0.25) is 16.1 Å². The number of anilines is 2. The number of hydrogen-bond donors (Lipinski definition) is 3. The average molecular weight is 394 g/mol. The molecule has 0 atom stereocenters. The summed E-state index contributed by atoms with van der Waals surface area (Å²) >= 11 is 11.8. The SMILES string of the molecule is NNCC(=O)Cc1ccc2ncnc(Nc3cc(Cl)c(Cl)cc3F)c2c1. The van der Waals surface area contributed by atoms with E-state index in [2.05, 4.69) is 20.7 Å². The fourth-order valence-electron chi connectivity index (χ4n) is 2.46. The molecule has 0 spiro atoms. The van der Waals surface area contributed by atoms with Crippen LogP contribution in [0.1, 0.15) is 5.56 Å². The van der Waals surface area contributed by atoms with Crippen molar-refractivity contribution in [2.45, 2.75) is 6.42 Å². The summed E-state index contributed by atoms with van der Waals surface area (Å²) in [6.45, 7) is 0.0723. The normalized spacial score (nSPS) is 10.9. The van der Waals surface area contributed by atoms with Crippen LogP contribution in [0.5, 0.6) is 0 Å². The Bertz CT molecular complexity index is 983. The minimum Gasteiger partial charge on any atom is -0.337 e. The summed E-state index contributed by atoms with van der Waals surface area (Å²) in [5.41, 5.74) is 3.88. The van der Waals surface area contributed by atoms with Crippen molar-refractivity contribution in [3.8, 4) is 0 Å². The fourth-order valence-corrected chi connectivity index (χ4v) is 2.78. The zero-order valence-electron chi connectivity index (χ0n) is 13.4. The van der Waals surface area contributed by atoms with Gasteiger partial charge in [0.05, 0.1) is 27.8 Å². The highest BCUT2D eigenvalue weighted by Gasteiger charge is 2.12. The average Bonchev–Trinajstić information content (AvgIpc) is 2.60. The summed E-state index contributed by atoms with van der Waals surface area (Å²) in [4.78, 5) is 20.1. The standard InChI is InChI=1S/C17H14Cl2FN5O/c18-12-5-14(20)16(6-13(12)19)25-17-11-4-9(3-10(26)7-24-21)1-2-15(11)22-8-23-17/h1-2,4-6,8,24H,3,7,21H2,(H,22,23,25). The van der Waals surface area contributed by atoms with Crippen LogP contribution in [0.2, 0.25) is 10.0 Å². The van der Waals surface area contributed by atoms with Gasteiger partial charge in [0.2, 0.25) is 0 Å². The molecule has 0 aliphatic carbocycles. The lowest BCUT2D eigenvalue weighted by Crippen LogP contribution is -2.29. The predicted molar refractivity (Wildman–Crippen MR) is 100 cm³/mol. The van der Waals surface area contributed by atoms with Crippen molar-refractivity contribution in [3.63, 3.8) is 0 Å². The van der Waals surface area contributed by atoms with Gasteiger partial charge in [-0.05, 0) is 29.8 Å². The fraction of sp³-hybridized carbons (Fsp3) is 0.118. The van der Waals surface area contributed by atoms with Crippen molar-refractivity contribution in [1.82, 2.24) is 15.4 Å². The van der Waals surface area contributed by atoms with Crippen molar-refractivity contribution >= 4 is 51.4 Å². The van der Waals surface area contributed by atoms with Gasteiger partial charge in [0.1, 0.15) is 18.0 Å². The number of hydrazine groups is 1. The first-order valence-electron chi connectivity index (χ1n) is 7.58. The number of aromatic nitrogens is 2. The van der Waals surface area contributed by atoms with Gasteiger partial charge in [-0.2, -0.15) is 0 Å². The van der Waals surface area contributed by atoms with E-state index in [9.17, 15) is 9.18 Å². The molecule has 0 fully saturated rings. The molecule has 0 unspecified atom stereocenters. The Morgan fingerprint density at radius 3 is 2.69 bits per heavy atom. The first-order chi connectivity index (χ1) is 12.5. The number of nitrogens with one attached hydrogen (secondary N) is 2. The number of nitrogens with zero attached hydrogens (tertiary/aromatic N) is 2. The third-order valence-corrected chi connectivity index (χ3v) is 4.39. The van der Waals surface area contributed by atoms with Crippen LogP contribution in [0.25, 0.3) is 10.9 Å². The topological polar surface area (TPSA) is 92.9 Å². The highest BCUT2D eigenvalue weighted by molar-refractivity contribution is 6.42. The summed E-state index contributed by atoms with van der Waals surface area (Å²) < 4.78 is 14.1. The lowest BCUT2D eigenvalue weighted by Gasteiger charge is -2.11. The second-order valence-corrected chi connectivity index (χ2v) is 6.36. The molecule has 0 amide bonds. The van der Waals surface area contributed by atoms with E-state index in [0.717, 1.165) is 11.6 Å². The van der Waals surface area contributed by atoms with E-state index in [1.54, 1.807) is 18.2 Å². The second kappa shape index (κ2) is 7.92. The predicted octanol–water partition coefficient (Wildman–Crippen LogP) is 3.39. The molecule has 134 valence electrons. The number of halogens is 3. The van der Waals surface area contributed by atoms with Crippen molar-refractivity contribution < 1.29 is 9.18 Å². The van der Waals surface area contributed by atoms with Crippen LogP contribution in [0.15, 0.2) is 36.7 Å². The quantitative estimate of drug-likeness (QED) is 0.337. The van der Waals surface area contributed by atoms with Crippen molar-refractivity contribution in [1.29, 1.82) is 0 Å². The number of carbonyl (C=O) groups is 1. The minimum absolute atomic E-state index is 0.0614. The van der Waals surface area contributed by atoms with Crippen molar-refractivity contribution in [2.75, 3.05) is 11.9 Å². The van der Waals surface area contributed by atoms with Crippen LogP contribution in [0.4, 0.5) is 15.9 Å². The van der Waals surface area contributed by atoms with E-state index >= 15 is 0 Å². The van der Waals surface area contributed by atoms with Crippen molar-refractivity contribution in [3.05, 3.63) is 58.1 Å². The molecule has 0 aliphatic heterocycles. The molecule has 0 aliphatic rings. The Hall–Kier alpha value is -2.32. The monoisotopic (exact) mass is 393 g/mol. The summed E-state index contributed by atoms with van der Waals surface area (Å²) in [6.07, 6.45) is 1.57. The Labute approximate surface area is 158 Å². The molecule has 3 rings (SSSR count). The van der Waals surface area contributed by atoms with Crippen LogP contribution in [0, 0.1) is 5.82 Å². The van der Waals surface area contributed by atoms with Gasteiger partial charge >= 0.3 is 0 Å². The van der Waals surface area contributed by atoms with Gasteiger partial charge in [-0.25, -0.2) is 14.4 Å². The molecular formula is C17H14Cl2FN5O. The van der Waals surface area contributed by atoms with Crippen LogP contribution < -0.4 is 16.6 Å². The number of rotatable bonds is 6. The molecule has 26 heavy (non-hydrogen) atoms. The zero-order valence-corrected chi connectivity index (χ0v) is 14.9. The molecule has 3 aromatic rings. The molecule has 4 N–H and O–H groups in total. The number of Topliss-reactive ketones (excluding diaryl/α,β-unsaturated/α-hetero) is 1. The van der Waals surface area contributed by atoms with Crippen LogP contribution in [0.3, 0.4) is 0 Å². The lowest BCUT2D eigenvalue weighted by molar-refractivity contribution is -0.117. The molecule has 0 radical (unpaired) electrons. The van der Waals surface area contributed by atoms with E-state index < -0.39 is 5.82 Å². The summed E-state index contributed by atoms with van der Waals surface area (Å²) in [7, 11) is 0. The maximum absolute atomic E-state index is 14.1. The van der Waals surface area contributed by atoms with Crippen LogP contribution >= 0.6 is 23.2 Å². The van der Waals surface area contributed by atoms with Gasteiger partial charge in [0.15, 0.2) is 5.78 Å². The van der Waals surface area contributed by atoms with Crippen LogP contribution in [-0.4, -0.2) is 22.3 Å². The third kappa shape index (κ3) is 4.08. The molecule has 1 aromatic heterocycles. The minimum atomic E-state index is -0.563. The third-order valence-electron chi connectivity index (χ3n) is 3.66. The number of ketones is 1. The molecule has 0 saturated heterocycles. The summed E-state index contributed by atoms with van der Waals surface area (Å²) in [5, 5.41) is 3.88. The number of fused-ring (bicyclic) bond motifs is 1. The van der Waals surface area contributed by atoms with Gasteiger partial charge in [0.25, 0.3) is 0 Å². The smallest absolute Gasteiger partial charge is 0.152 e. The zero-order chi connectivity index (χ0) is 18.7. The van der Waals surface area contributed by atoms with E-state index in [-0.39, 0.29) is 34.5 Å². The molecule has 2 aromatic carbocycles. The highest BCUT2D eigenvalue weighted by atomic mass is 35.5. The molecule has 0 bridgehead atoms. The number of hydrogen-bond acceptors (Lipinski definition) is 6. The Morgan fingerprint density at radius 2 is 1.92 bits per heavy atom. The van der Waals surface area contributed by atoms with E-state index in [4.69, 9.17) is 29.0 Å². The Balaban J connectivity index is 1.98. The molecule has 0 saturated carbocycles. The van der Waals surface area contributed by atoms with Gasteiger partial charge in [-0.1, -0.05) is 29.3 Å².